The van der Waals surface area contributed by atoms with Crippen LogP contribution in [0.25, 0.3) is 0 Å². The summed E-state index contributed by atoms with van der Waals surface area (Å²) < 4.78 is 44.5. The van der Waals surface area contributed by atoms with E-state index in [1.54, 1.807) is 6.92 Å². The maximum Gasteiger partial charge on any atom is 0.236 e. The number of hydrogen-bond donors (Lipinski definition) is 2. The number of nitrogens with one attached hydrogen (secondary N) is 2. The van der Waals surface area contributed by atoms with Gasteiger partial charge in [0.15, 0.2) is 0 Å². The highest BCUT2D eigenvalue weighted by Crippen LogP contribution is 2.26. The number of sulfonamides is 1. The van der Waals surface area contributed by atoms with Crippen LogP contribution in [0.2, 0.25) is 0 Å². The average Bonchev–Trinajstić information content (AvgIpc) is 2.37. The number of methoxy groups -OCH3 is 1. The Bertz CT molecular complexity index is 520. The molecule has 0 radical (unpaired) electrons. The Hall–Kier alpha value is -1.34. The van der Waals surface area contributed by atoms with Crippen molar-refractivity contribution in [1.82, 2.24) is 5.32 Å². The van der Waals surface area contributed by atoms with E-state index in [9.17, 15) is 12.8 Å². The first-order valence-corrected chi connectivity index (χ1v) is 7.51. The molecule has 1 atom stereocenters. The van der Waals surface area contributed by atoms with Gasteiger partial charge in [-0.1, -0.05) is 6.92 Å². The van der Waals surface area contributed by atoms with Gasteiger partial charge in [-0.2, -0.15) is 0 Å². The lowest BCUT2D eigenvalue weighted by Crippen LogP contribution is -2.34. The maximum atomic E-state index is 13.0. The highest BCUT2D eigenvalue weighted by Gasteiger charge is 2.21. The standard InChI is InChI=1S/C12H19FN2O3S/c1-4-14-8-9(2)19(16,17)15-11-6-5-10(13)7-12(11)18-3/h5-7,9,14-15H,4,8H2,1-3H3. The van der Waals surface area contributed by atoms with Gasteiger partial charge in [0.1, 0.15) is 11.6 Å². The van der Waals surface area contributed by atoms with E-state index in [2.05, 4.69) is 10.0 Å². The second-order valence-electron chi connectivity index (χ2n) is 4.11. The van der Waals surface area contributed by atoms with Crippen molar-refractivity contribution < 1.29 is 17.5 Å². The van der Waals surface area contributed by atoms with Crippen molar-refractivity contribution in [1.29, 1.82) is 0 Å². The molecule has 0 heterocycles. The van der Waals surface area contributed by atoms with Crippen molar-refractivity contribution in [3.8, 4) is 5.75 Å². The van der Waals surface area contributed by atoms with Gasteiger partial charge in [-0.3, -0.25) is 4.72 Å². The zero-order chi connectivity index (χ0) is 14.5. The molecule has 19 heavy (non-hydrogen) atoms. The van der Waals surface area contributed by atoms with Gasteiger partial charge < -0.3 is 10.1 Å². The summed E-state index contributed by atoms with van der Waals surface area (Å²) >= 11 is 0. The van der Waals surface area contributed by atoms with E-state index in [0.29, 0.717) is 13.1 Å². The maximum absolute atomic E-state index is 13.0. The molecule has 0 fully saturated rings. The van der Waals surface area contributed by atoms with Crippen LogP contribution in [0.3, 0.4) is 0 Å². The summed E-state index contributed by atoms with van der Waals surface area (Å²) in [6.45, 7) is 4.53. The lowest BCUT2D eigenvalue weighted by molar-refractivity contribution is 0.413. The topological polar surface area (TPSA) is 67.4 Å². The van der Waals surface area contributed by atoms with Crippen LogP contribution in [-0.2, 0) is 10.0 Å². The van der Waals surface area contributed by atoms with Crippen molar-refractivity contribution in [2.75, 3.05) is 24.9 Å². The Kier molecular flexibility index (Phi) is 5.56. The summed E-state index contributed by atoms with van der Waals surface area (Å²) in [5.74, 6) is -0.334. The molecule has 7 heteroatoms. The number of benzene rings is 1. The second kappa shape index (κ2) is 6.72. The summed E-state index contributed by atoms with van der Waals surface area (Å²) in [6.07, 6.45) is 0. The predicted octanol–water partition coefficient (Wildman–Crippen LogP) is 1.57. The summed E-state index contributed by atoms with van der Waals surface area (Å²) in [4.78, 5) is 0. The van der Waals surface area contributed by atoms with E-state index in [0.717, 1.165) is 6.07 Å². The minimum absolute atomic E-state index is 0.152. The number of ether oxygens (including phenoxy) is 1. The summed E-state index contributed by atoms with van der Waals surface area (Å²) in [6, 6.07) is 3.65. The molecule has 0 spiro atoms. The molecule has 5 nitrogen and oxygen atoms in total. The molecule has 1 unspecified atom stereocenters. The second-order valence-corrected chi connectivity index (χ2v) is 6.21. The summed E-state index contributed by atoms with van der Waals surface area (Å²) in [7, 11) is -2.19. The molecule has 0 saturated carbocycles. The molecule has 0 saturated heterocycles. The van der Waals surface area contributed by atoms with E-state index in [1.807, 2.05) is 6.92 Å². The number of hydrogen-bond acceptors (Lipinski definition) is 4. The molecule has 2 N–H and O–H groups in total. The zero-order valence-electron chi connectivity index (χ0n) is 11.2. The first kappa shape index (κ1) is 15.7. The Labute approximate surface area is 113 Å². The Morgan fingerprint density at radius 2 is 2.11 bits per heavy atom. The number of halogens is 1. The average molecular weight is 290 g/mol. The quantitative estimate of drug-likeness (QED) is 0.800. The van der Waals surface area contributed by atoms with Gasteiger partial charge in [-0.05, 0) is 25.6 Å². The normalized spacial score (nSPS) is 13.1. The van der Waals surface area contributed by atoms with Crippen LogP contribution < -0.4 is 14.8 Å². The molecule has 0 aromatic heterocycles. The molecular weight excluding hydrogens is 271 g/mol. The van der Waals surface area contributed by atoms with Crippen LogP contribution in [0.5, 0.6) is 5.75 Å². The molecule has 0 aliphatic rings. The van der Waals surface area contributed by atoms with E-state index in [-0.39, 0.29) is 11.4 Å². The van der Waals surface area contributed by atoms with Gasteiger partial charge in [0.25, 0.3) is 0 Å². The predicted molar refractivity (Wildman–Crippen MR) is 73.5 cm³/mol. The Morgan fingerprint density at radius 1 is 1.42 bits per heavy atom. The van der Waals surface area contributed by atoms with E-state index >= 15 is 0 Å². The van der Waals surface area contributed by atoms with Crippen LogP contribution in [0.15, 0.2) is 18.2 Å². The Morgan fingerprint density at radius 3 is 2.68 bits per heavy atom. The smallest absolute Gasteiger partial charge is 0.236 e. The van der Waals surface area contributed by atoms with E-state index in [4.69, 9.17) is 4.74 Å². The zero-order valence-corrected chi connectivity index (χ0v) is 12.1. The van der Waals surface area contributed by atoms with Crippen molar-refractivity contribution in [3.05, 3.63) is 24.0 Å². The lowest BCUT2D eigenvalue weighted by Gasteiger charge is -2.16. The lowest BCUT2D eigenvalue weighted by atomic mass is 10.3. The van der Waals surface area contributed by atoms with Gasteiger partial charge in [0.2, 0.25) is 10.0 Å². The molecule has 0 bridgehead atoms. The largest absolute Gasteiger partial charge is 0.494 e. The van der Waals surface area contributed by atoms with E-state index in [1.165, 1.54) is 19.2 Å². The van der Waals surface area contributed by atoms with Crippen molar-refractivity contribution in [3.63, 3.8) is 0 Å². The van der Waals surface area contributed by atoms with Crippen LogP contribution in [0.4, 0.5) is 10.1 Å². The molecule has 1 aromatic carbocycles. The highest BCUT2D eigenvalue weighted by molar-refractivity contribution is 7.93. The van der Waals surface area contributed by atoms with Gasteiger partial charge in [0, 0.05) is 12.6 Å². The molecule has 1 aromatic rings. The van der Waals surface area contributed by atoms with Crippen LogP contribution >= 0.6 is 0 Å². The first-order chi connectivity index (χ1) is 8.90. The monoisotopic (exact) mass is 290 g/mol. The summed E-state index contributed by atoms with van der Waals surface area (Å²) in [5.41, 5.74) is 0.229. The minimum atomic E-state index is -3.55. The molecule has 1 rings (SSSR count). The minimum Gasteiger partial charge on any atom is -0.494 e. The van der Waals surface area contributed by atoms with Crippen molar-refractivity contribution in [2.45, 2.75) is 19.1 Å². The number of anilines is 1. The van der Waals surface area contributed by atoms with Gasteiger partial charge in [0.05, 0.1) is 18.0 Å². The third kappa shape index (κ3) is 4.36. The fourth-order valence-electron chi connectivity index (χ4n) is 1.46. The summed E-state index contributed by atoms with van der Waals surface area (Å²) in [5, 5.41) is 2.36. The van der Waals surface area contributed by atoms with Crippen molar-refractivity contribution in [2.24, 2.45) is 0 Å². The fourth-order valence-corrected chi connectivity index (χ4v) is 2.47. The van der Waals surface area contributed by atoms with Gasteiger partial charge in [-0.15, -0.1) is 0 Å². The highest BCUT2D eigenvalue weighted by atomic mass is 32.2. The van der Waals surface area contributed by atoms with E-state index < -0.39 is 21.1 Å². The third-order valence-corrected chi connectivity index (χ3v) is 4.36. The molecule has 0 aliphatic carbocycles. The first-order valence-electron chi connectivity index (χ1n) is 5.96. The van der Waals surface area contributed by atoms with Crippen molar-refractivity contribution >= 4 is 15.7 Å². The molecular formula is C12H19FN2O3S. The molecule has 108 valence electrons. The van der Waals surface area contributed by atoms with Crippen LogP contribution in [0.1, 0.15) is 13.8 Å². The fraction of sp³-hybridized carbons (Fsp3) is 0.500. The number of rotatable bonds is 7. The molecule has 0 amide bonds. The van der Waals surface area contributed by atoms with Gasteiger partial charge in [-0.25, -0.2) is 12.8 Å². The Balaban J connectivity index is 2.89. The van der Waals surface area contributed by atoms with Crippen LogP contribution in [0, 0.1) is 5.82 Å². The van der Waals surface area contributed by atoms with Crippen LogP contribution in [-0.4, -0.2) is 33.9 Å². The van der Waals surface area contributed by atoms with Gasteiger partial charge >= 0.3 is 0 Å². The molecule has 0 aliphatic heterocycles. The SMILES string of the molecule is CCNCC(C)S(=O)(=O)Nc1ccc(F)cc1OC. The third-order valence-electron chi connectivity index (χ3n) is 2.63.